The highest BCUT2D eigenvalue weighted by atomic mass is 15.1. The minimum absolute atomic E-state index is 1.06. The quantitative estimate of drug-likeness (QED) is 0.174. The monoisotopic (exact) mass is 640 g/mol. The van der Waals surface area contributed by atoms with E-state index < -0.39 is 0 Å². The third-order valence-corrected chi connectivity index (χ3v) is 9.30. The second kappa shape index (κ2) is 12.7. The Morgan fingerprint density at radius 1 is 0.360 bits per heavy atom. The van der Waals surface area contributed by atoms with Gasteiger partial charge in [-0.2, -0.15) is 0 Å². The molecule has 50 heavy (non-hydrogen) atoms. The van der Waals surface area contributed by atoms with Crippen LogP contribution in [0.4, 0.5) is 17.1 Å². The van der Waals surface area contributed by atoms with Crippen molar-refractivity contribution in [2.24, 2.45) is 0 Å². The molecule has 0 aliphatic carbocycles. The van der Waals surface area contributed by atoms with Crippen molar-refractivity contribution in [3.8, 4) is 39.1 Å². The number of fused-ring (bicyclic) bond motifs is 3. The molecule has 0 atom stereocenters. The Balaban J connectivity index is 1.35. The average Bonchev–Trinajstić information content (AvgIpc) is 3.54. The lowest BCUT2D eigenvalue weighted by atomic mass is 9.93. The Hall–Kier alpha value is -6.78. The lowest BCUT2D eigenvalue weighted by molar-refractivity contribution is 1.17. The molecule has 0 spiro atoms. The van der Waals surface area contributed by atoms with Gasteiger partial charge in [0, 0.05) is 63.9 Å². The molecule has 0 radical (unpaired) electrons. The van der Waals surface area contributed by atoms with Gasteiger partial charge >= 0.3 is 0 Å². The van der Waals surface area contributed by atoms with Crippen molar-refractivity contribution in [2.45, 2.75) is 0 Å². The summed E-state index contributed by atoms with van der Waals surface area (Å²) < 4.78 is 2.40. The lowest BCUT2D eigenvalue weighted by Crippen LogP contribution is -2.10. The van der Waals surface area contributed by atoms with Gasteiger partial charge in [0.05, 0.1) is 11.0 Å². The van der Waals surface area contributed by atoms with E-state index in [-0.39, 0.29) is 0 Å². The summed E-state index contributed by atoms with van der Waals surface area (Å²) in [5, 5.41) is 2.47. The van der Waals surface area contributed by atoms with Crippen LogP contribution in [-0.4, -0.2) is 14.5 Å². The smallest absolute Gasteiger partial charge is 0.0541 e. The number of hydrogen-bond donors (Lipinski definition) is 0. The molecule has 3 heterocycles. The lowest BCUT2D eigenvalue weighted by Gasteiger charge is -2.27. The van der Waals surface area contributed by atoms with E-state index in [4.69, 9.17) is 0 Å². The first kappa shape index (κ1) is 29.4. The SMILES string of the molecule is c1ccc(N(c2ccccc2)c2cc(-c3cc(-c4ccncc4)cc(-c4cccnc4)c3)cc(-n3c4ccccc4c4ccccc43)c2)cc1. The fourth-order valence-electron chi connectivity index (χ4n) is 7.03. The van der Waals surface area contributed by atoms with E-state index >= 15 is 0 Å². The Bertz CT molecular complexity index is 2430. The van der Waals surface area contributed by atoms with E-state index in [0.29, 0.717) is 0 Å². The number of hydrogen-bond acceptors (Lipinski definition) is 3. The highest BCUT2D eigenvalue weighted by molar-refractivity contribution is 6.09. The van der Waals surface area contributed by atoms with E-state index in [1.807, 2.05) is 30.9 Å². The van der Waals surface area contributed by atoms with Crippen LogP contribution in [0.15, 0.2) is 195 Å². The molecule has 9 aromatic rings. The Morgan fingerprint density at radius 2 is 0.900 bits per heavy atom. The molecule has 3 aromatic heterocycles. The molecule has 0 amide bonds. The highest BCUT2D eigenvalue weighted by Gasteiger charge is 2.19. The van der Waals surface area contributed by atoms with Crippen molar-refractivity contribution in [2.75, 3.05) is 4.90 Å². The highest BCUT2D eigenvalue weighted by Crippen LogP contribution is 2.41. The summed E-state index contributed by atoms with van der Waals surface area (Å²) in [5.74, 6) is 0. The standard InChI is InChI=1S/C46H32N4/c1-3-13-39(14-4-1)49(40-15-5-2-6-16-40)41-29-38(30-42(31-41)50-45-19-9-7-17-43(45)44-18-8-10-20-46(44)50)37-27-35(33-21-24-47-25-22-33)26-36(28-37)34-12-11-23-48-32-34/h1-32H. The van der Waals surface area contributed by atoms with E-state index in [2.05, 4.69) is 183 Å². The van der Waals surface area contributed by atoms with Crippen molar-refractivity contribution in [1.82, 2.24) is 14.5 Å². The zero-order valence-electron chi connectivity index (χ0n) is 27.3. The van der Waals surface area contributed by atoms with Crippen LogP contribution < -0.4 is 4.90 Å². The molecule has 236 valence electrons. The molecule has 0 saturated heterocycles. The molecular formula is C46H32N4. The zero-order chi connectivity index (χ0) is 33.3. The van der Waals surface area contributed by atoms with E-state index in [1.54, 1.807) is 0 Å². The molecule has 0 saturated carbocycles. The van der Waals surface area contributed by atoms with Crippen molar-refractivity contribution < 1.29 is 0 Å². The van der Waals surface area contributed by atoms with Gasteiger partial charge in [0.15, 0.2) is 0 Å². The second-order valence-corrected chi connectivity index (χ2v) is 12.4. The largest absolute Gasteiger partial charge is 0.310 e. The van der Waals surface area contributed by atoms with Gasteiger partial charge in [-0.05, 0) is 119 Å². The fraction of sp³-hybridized carbons (Fsp3) is 0. The number of aromatic nitrogens is 3. The first-order valence-electron chi connectivity index (χ1n) is 16.8. The van der Waals surface area contributed by atoms with Crippen molar-refractivity contribution >= 4 is 38.9 Å². The van der Waals surface area contributed by atoms with Crippen LogP contribution in [-0.2, 0) is 0 Å². The van der Waals surface area contributed by atoms with E-state index in [1.165, 1.54) is 21.8 Å². The molecule has 0 aliphatic rings. The maximum atomic E-state index is 4.46. The summed E-state index contributed by atoms with van der Waals surface area (Å²) >= 11 is 0. The molecule has 0 bridgehead atoms. The summed E-state index contributed by atoms with van der Waals surface area (Å²) in [6.07, 6.45) is 7.46. The molecule has 4 nitrogen and oxygen atoms in total. The van der Waals surface area contributed by atoms with Crippen LogP contribution in [0.25, 0.3) is 60.9 Å². The van der Waals surface area contributed by atoms with Gasteiger partial charge in [-0.15, -0.1) is 0 Å². The van der Waals surface area contributed by atoms with E-state index in [9.17, 15) is 0 Å². The molecule has 9 rings (SSSR count). The Kier molecular flexibility index (Phi) is 7.45. The molecule has 0 unspecified atom stereocenters. The maximum absolute atomic E-state index is 4.46. The van der Waals surface area contributed by atoms with Gasteiger partial charge in [0.25, 0.3) is 0 Å². The second-order valence-electron chi connectivity index (χ2n) is 12.4. The predicted octanol–water partition coefficient (Wildman–Crippen LogP) is 12.0. The van der Waals surface area contributed by atoms with Gasteiger partial charge in [0.1, 0.15) is 0 Å². The third-order valence-electron chi connectivity index (χ3n) is 9.30. The fourth-order valence-corrected chi connectivity index (χ4v) is 7.03. The van der Waals surface area contributed by atoms with Gasteiger partial charge in [-0.1, -0.05) is 78.9 Å². The molecule has 6 aromatic carbocycles. The summed E-state index contributed by atoms with van der Waals surface area (Å²) in [6, 6.07) is 60.6. The average molecular weight is 641 g/mol. The van der Waals surface area contributed by atoms with Gasteiger partial charge in [0.2, 0.25) is 0 Å². The van der Waals surface area contributed by atoms with Crippen LogP contribution in [0, 0.1) is 0 Å². The summed E-state index contributed by atoms with van der Waals surface area (Å²) in [5.41, 5.74) is 13.3. The number of rotatable bonds is 7. The topological polar surface area (TPSA) is 34.0 Å². The molecule has 4 heteroatoms. The minimum Gasteiger partial charge on any atom is -0.310 e. The molecule has 0 fully saturated rings. The zero-order valence-corrected chi connectivity index (χ0v) is 27.3. The van der Waals surface area contributed by atoms with Crippen molar-refractivity contribution in [1.29, 1.82) is 0 Å². The first-order chi connectivity index (χ1) is 24.8. The number of benzene rings is 6. The van der Waals surface area contributed by atoms with Gasteiger partial charge < -0.3 is 9.47 Å². The number of nitrogens with zero attached hydrogens (tertiary/aromatic N) is 4. The van der Waals surface area contributed by atoms with Crippen molar-refractivity contribution in [3.05, 3.63) is 195 Å². The number of para-hydroxylation sites is 4. The minimum atomic E-state index is 1.06. The number of pyridine rings is 2. The normalized spacial score (nSPS) is 11.2. The summed E-state index contributed by atoms with van der Waals surface area (Å²) in [4.78, 5) is 11.1. The maximum Gasteiger partial charge on any atom is 0.0541 e. The van der Waals surface area contributed by atoms with Gasteiger partial charge in [-0.25, -0.2) is 0 Å². The molecular weight excluding hydrogens is 609 g/mol. The summed E-state index contributed by atoms with van der Waals surface area (Å²) in [6.45, 7) is 0. The third kappa shape index (κ3) is 5.39. The molecule has 0 N–H and O–H groups in total. The van der Waals surface area contributed by atoms with Crippen LogP contribution in [0.3, 0.4) is 0 Å². The first-order valence-corrected chi connectivity index (χ1v) is 16.8. The van der Waals surface area contributed by atoms with Crippen LogP contribution in [0.1, 0.15) is 0 Å². The predicted molar refractivity (Wildman–Crippen MR) is 207 cm³/mol. The Labute approximate surface area is 291 Å². The van der Waals surface area contributed by atoms with Crippen LogP contribution in [0.2, 0.25) is 0 Å². The van der Waals surface area contributed by atoms with Gasteiger partial charge in [-0.3, -0.25) is 9.97 Å². The van der Waals surface area contributed by atoms with E-state index in [0.717, 1.165) is 56.1 Å². The number of anilines is 3. The van der Waals surface area contributed by atoms with Crippen molar-refractivity contribution in [3.63, 3.8) is 0 Å². The van der Waals surface area contributed by atoms with Crippen LogP contribution in [0.5, 0.6) is 0 Å². The summed E-state index contributed by atoms with van der Waals surface area (Å²) in [7, 11) is 0. The Morgan fingerprint density at radius 3 is 1.50 bits per heavy atom. The molecule has 0 aliphatic heterocycles. The van der Waals surface area contributed by atoms with Crippen LogP contribution >= 0.6 is 0 Å².